The quantitative estimate of drug-likeness (QED) is 0.842. The summed E-state index contributed by atoms with van der Waals surface area (Å²) in [5.41, 5.74) is 2.35. The second-order valence-corrected chi connectivity index (χ2v) is 4.68. The number of aryl methyl sites for hydroxylation is 2. The van der Waals surface area contributed by atoms with Gasteiger partial charge in [-0.1, -0.05) is 17.7 Å². The number of aromatic nitrogens is 1. The molecule has 0 aliphatic carbocycles. The van der Waals surface area contributed by atoms with Crippen LogP contribution >= 0.6 is 11.6 Å². The van der Waals surface area contributed by atoms with Gasteiger partial charge in [-0.15, -0.1) is 0 Å². The molecule has 18 heavy (non-hydrogen) atoms. The molecule has 0 aliphatic heterocycles. The van der Waals surface area contributed by atoms with Gasteiger partial charge in [-0.25, -0.2) is 9.37 Å². The predicted molar refractivity (Wildman–Crippen MR) is 69.2 cm³/mol. The second kappa shape index (κ2) is 5.04. The van der Waals surface area contributed by atoms with Crippen LogP contribution in [0.4, 0.5) is 4.39 Å². The molecule has 0 bridgehead atoms. The third-order valence-corrected chi connectivity index (χ3v) is 3.03. The maximum absolute atomic E-state index is 13.9. The van der Waals surface area contributed by atoms with Gasteiger partial charge in [0.2, 0.25) is 0 Å². The number of aliphatic hydroxyl groups is 1. The van der Waals surface area contributed by atoms with Crippen molar-refractivity contribution < 1.29 is 9.50 Å². The molecule has 2 aromatic rings. The van der Waals surface area contributed by atoms with Gasteiger partial charge < -0.3 is 5.11 Å². The van der Waals surface area contributed by atoms with Crippen molar-refractivity contribution in [2.24, 2.45) is 0 Å². The lowest BCUT2D eigenvalue weighted by Crippen LogP contribution is -2.06. The Labute approximate surface area is 110 Å². The molecule has 0 fully saturated rings. The summed E-state index contributed by atoms with van der Waals surface area (Å²) in [7, 11) is 0. The lowest BCUT2D eigenvalue weighted by atomic mass is 9.96. The molecule has 1 aromatic heterocycles. The highest BCUT2D eigenvalue weighted by atomic mass is 35.5. The van der Waals surface area contributed by atoms with Crippen molar-refractivity contribution >= 4 is 11.6 Å². The molecule has 0 saturated heterocycles. The molecular formula is C14H13ClFNO. The van der Waals surface area contributed by atoms with Crippen LogP contribution in [0.15, 0.2) is 30.5 Å². The number of pyridine rings is 1. The Balaban J connectivity index is 2.49. The molecule has 1 aromatic carbocycles. The molecule has 2 nitrogen and oxygen atoms in total. The van der Waals surface area contributed by atoms with Gasteiger partial charge in [0.1, 0.15) is 17.1 Å². The molecule has 1 unspecified atom stereocenters. The van der Waals surface area contributed by atoms with Gasteiger partial charge in [-0.2, -0.15) is 0 Å². The first-order valence-electron chi connectivity index (χ1n) is 5.55. The van der Waals surface area contributed by atoms with E-state index in [-0.39, 0.29) is 10.7 Å². The van der Waals surface area contributed by atoms with Gasteiger partial charge >= 0.3 is 0 Å². The maximum atomic E-state index is 13.9. The third kappa shape index (κ3) is 2.52. The first kappa shape index (κ1) is 13.0. The van der Waals surface area contributed by atoms with Gasteiger partial charge in [0.25, 0.3) is 0 Å². The first-order chi connectivity index (χ1) is 8.49. The van der Waals surface area contributed by atoms with Crippen LogP contribution in [-0.2, 0) is 0 Å². The van der Waals surface area contributed by atoms with E-state index in [2.05, 4.69) is 4.98 Å². The fourth-order valence-corrected chi connectivity index (χ4v) is 2.21. The standard InChI is InChI=1S/C14H13ClFNO/c1-8-5-9(2)13(11(16)6-8)14(18)10-3-4-17-12(15)7-10/h3-7,14,18H,1-2H3. The molecule has 94 valence electrons. The number of aliphatic hydroxyl groups excluding tert-OH is 1. The Morgan fingerprint density at radius 2 is 2.00 bits per heavy atom. The van der Waals surface area contributed by atoms with Gasteiger partial charge in [-0.3, -0.25) is 0 Å². The molecule has 4 heteroatoms. The fraction of sp³-hybridized carbons (Fsp3) is 0.214. The van der Waals surface area contributed by atoms with E-state index in [1.54, 1.807) is 13.0 Å². The Bertz CT molecular complexity index is 563. The van der Waals surface area contributed by atoms with Gasteiger partial charge in [0.05, 0.1) is 0 Å². The topological polar surface area (TPSA) is 33.1 Å². The third-order valence-electron chi connectivity index (χ3n) is 2.82. The van der Waals surface area contributed by atoms with E-state index in [9.17, 15) is 9.50 Å². The number of hydrogen-bond donors (Lipinski definition) is 1. The smallest absolute Gasteiger partial charge is 0.129 e. The molecule has 0 amide bonds. The zero-order valence-corrected chi connectivity index (χ0v) is 10.9. The zero-order valence-electron chi connectivity index (χ0n) is 10.1. The number of hydrogen-bond acceptors (Lipinski definition) is 2. The summed E-state index contributed by atoms with van der Waals surface area (Å²) in [5.74, 6) is -0.409. The molecule has 0 aliphatic rings. The zero-order chi connectivity index (χ0) is 13.3. The van der Waals surface area contributed by atoms with Crippen molar-refractivity contribution in [2.45, 2.75) is 20.0 Å². The van der Waals surface area contributed by atoms with E-state index in [0.29, 0.717) is 11.1 Å². The largest absolute Gasteiger partial charge is 0.384 e. The van der Waals surface area contributed by atoms with Crippen LogP contribution in [0.2, 0.25) is 5.15 Å². The second-order valence-electron chi connectivity index (χ2n) is 4.29. The molecule has 0 spiro atoms. The molecule has 0 radical (unpaired) electrons. The van der Waals surface area contributed by atoms with Crippen molar-refractivity contribution in [3.8, 4) is 0 Å². The molecule has 0 saturated carbocycles. The average molecular weight is 266 g/mol. The summed E-state index contributed by atoms with van der Waals surface area (Å²) in [6.07, 6.45) is 0.452. The van der Waals surface area contributed by atoms with E-state index < -0.39 is 11.9 Å². The summed E-state index contributed by atoms with van der Waals surface area (Å²) < 4.78 is 13.9. The number of benzene rings is 1. The Morgan fingerprint density at radius 3 is 2.61 bits per heavy atom. The molecular weight excluding hydrogens is 253 g/mol. The van der Waals surface area contributed by atoms with Crippen molar-refractivity contribution in [1.82, 2.24) is 4.98 Å². The number of halogens is 2. The van der Waals surface area contributed by atoms with Gasteiger partial charge in [0.15, 0.2) is 0 Å². The van der Waals surface area contributed by atoms with Crippen molar-refractivity contribution in [3.63, 3.8) is 0 Å². The summed E-state index contributed by atoms with van der Waals surface area (Å²) in [4.78, 5) is 3.84. The van der Waals surface area contributed by atoms with Crippen molar-refractivity contribution in [1.29, 1.82) is 0 Å². The Kier molecular flexibility index (Phi) is 3.64. The van der Waals surface area contributed by atoms with E-state index >= 15 is 0 Å². The van der Waals surface area contributed by atoms with Gasteiger partial charge in [0, 0.05) is 11.8 Å². The van der Waals surface area contributed by atoms with Crippen molar-refractivity contribution in [2.75, 3.05) is 0 Å². The SMILES string of the molecule is Cc1cc(C)c(C(O)c2ccnc(Cl)c2)c(F)c1. The number of rotatable bonds is 2. The van der Waals surface area contributed by atoms with Crippen LogP contribution in [-0.4, -0.2) is 10.1 Å². The van der Waals surface area contributed by atoms with E-state index in [1.807, 2.05) is 13.0 Å². The monoisotopic (exact) mass is 265 g/mol. The fourth-order valence-electron chi connectivity index (χ4n) is 2.03. The molecule has 1 N–H and O–H groups in total. The van der Waals surface area contributed by atoms with Crippen LogP contribution in [0.3, 0.4) is 0 Å². The highest BCUT2D eigenvalue weighted by Gasteiger charge is 2.18. The van der Waals surface area contributed by atoms with Crippen LogP contribution in [0, 0.1) is 19.7 Å². The lowest BCUT2D eigenvalue weighted by molar-refractivity contribution is 0.214. The normalized spacial score (nSPS) is 12.5. The predicted octanol–water partition coefficient (Wildman–Crippen LogP) is 3.57. The maximum Gasteiger partial charge on any atom is 0.129 e. The van der Waals surface area contributed by atoms with Crippen LogP contribution < -0.4 is 0 Å². The lowest BCUT2D eigenvalue weighted by Gasteiger charge is -2.16. The summed E-state index contributed by atoms with van der Waals surface area (Å²) >= 11 is 5.77. The minimum atomic E-state index is -1.04. The summed E-state index contributed by atoms with van der Waals surface area (Å²) in [6.45, 7) is 3.59. The first-order valence-corrected chi connectivity index (χ1v) is 5.93. The highest BCUT2D eigenvalue weighted by Crippen LogP contribution is 2.28. The van der Waals surface area contributed by atoms with E-state index in [4.69, 9.17) is 11.6 Å². The van der Waals surface area contributed by atoms with E-state index in [1.165, 1.54) is 18.3 Å². The minimum Gasteiger partial charge on any atom is -0.384 e. The van der Waals surface area contributed by atoms with Crippen LogP contribution in [0.1, 0.15) is 28.4 Å². The Morgan fingerprint density at radius 1 is 1.28 bits per heavy atom. The highest BCUT2D eigenvalue weighted by molar-refractivity contribution is 6.29. The summed E-state index contributed by atoms with van der Waals surface area (Å²) in [6, 6.07) is 6.40. The van der Waals surface area contributed by atoms with Crippen LogP contribution in [0.25, 0.3) is 0 Å². The molecule has 1 heterocycles. The molecule has 1 atom stereocenters. The van der Waals surface area contributed by atoms with Crippen molar-refractivity contribution in [3.05, 3.63) is 63.7 Å². The summed E-state index contributed by atoms with van der Waals surface area (Å²) in [5, 5.41) is 10.5. The van der Waals surface area contributed by atoms with Gasteiger partial charge in [-0.05, 0) is 48.7 Å². The Hall–Kier alpha value is -1.45. The average Bonchev–Trinajstić information content (AvgIpc) is 2.27. The minimum absolute atomic E-state index is 0.275. The number of nitrogens with zero attached hydrogens (tertiary/aromatic N) is 1. The molecule has 2 rings (SSSR count). The van der Waals surface area contributed by atoms with E-state index in [0.717, 1.165) is 5.56 Å². The van der Waals surface area contributed by atoms with Crippen LogP contribution in [0.5, 0.6) is 0 Å².